The summed E-state index contributed by atoms with van der Waals surface area (Å²) in [7, 11) is 1.66. The van der Waals surface area contributed by atoms with Gasteiger partial charge in [-0.1, -0.05) is 44.2 Å². The molecule has 0 heterocycles. The van der Waals surface area contributed by atoms with E-state index in [1.54, 1.807) is 7.11 Å². The predicted octanol–water partition coefficient (Wildman–Crippen LogP) is 3.45. The fourth-order valence-electron chi connectivity index (χ4n) is 3.84. The van der Waals surface area contributed by atoms with E-state index in [4.69, 9.17) is 15.2 Å². The van der Waals surface area contributed by atoms with Crippen molar-refractivity contribution in [3.63, 3.8) is 0 Å². The van der Waals surface area contributed by atoms with E-state index in [9.17, 15) is 4.79 Å². The zero-order valence-electron chi connectivity index (χ0n) is 17.1. The van der Waals surface area contributed by atoms with Crippen LogP contribution < -0.4 is 15.8 Å². The van der Waals surface area contributed by atoms with Crippen molar-refractivity contribution in [2.24, 2.45) is 11.7 Å². The van der Waals surface area contributed by atoms with Gasteiger partial charge in [-0.25, -0.2) is 0 Å². The highest BCUT2D eigenvalue weighted by atomic mass is 16.5. The SMILES string of the molecule is COc1cccc(CCNC(=O)C(OC(C)C)[C@H](N)CC2CCCCC2)c1. The lowest BCUT2D eigenvalue weighted by Crippen LogP contribution is -2.50. The fraction of sp³-hybridized carbons (Fsp3) is 0.682. The first-order valence-electron chi connectivity index (χ1n) is 10.3. The molecule has 5 nitrogen and oxygen atoms in total. The van der Waals surface area contributed by atoms with Crippen LogP contribution in [0.25, 0.3) is 0 Å². The topological polar surface area (TPSA) is 73.6 Å². The molecule has 0 spiro atoms. The normalized spacial score (nSPS) is 17.5. The van der Waals surface area contributed by atoms with Crippen LogP contribution in [0.5, 0.6) is 5.75 Å². The van der Waals surface area contributed by atoms with Crippen LogP contribution in [0.15, 0.2) is 24.3 Å². The smallest absolute Gasteiger partial charge is 0.250 e. The van der Waals surface area contributed by atoms with Gasteiger partial charge in [0, 0.05) is 12.6 Å². The highest BCUT2D eigenvalue weighted by Crippen LogP contribution is 2.28. The van der Waals surface area contributed by atoms with Crippen LogP contribution in [-0.4, -0.2) is 37.8 Å². The summed E-state index contributed by atoms with van der Waals surface area (Å²) in [5, 5.41) is 3.01. The number of amides is 1. The van der Waals surface area contributed by atoms with Crippen LogP contribution in [0.1, 0.15) is 57.9 Å². The van der Waals surface area contributed by atoms with Crippen molar-refractivity contribution < 1.29 is 14.3 Å². The van der Waals surface area contributed by atoms with Gasteiger partial charge in [0.15, 0.2) is 6.10 Å². The molecule has 1 saturated carbocycles. The van der Waals surface area contributed by atoms with Gasteiger partial charge in [-0.2, -0.15) is 0 Å². The maximum Gasteiger partial charge on any atom is 0.250 e. The zero-order chi connectivity index (χ0) is 19.6. The van der Waals surface area contributed by atoms with E-state index in [2.05, 4.69) is 5.32 Å². The average molecular weight is 377 g/mol. The number of benzene rings is 1. The summed E-state index contributed by atoms with van der Waals surface area (Å²) >= 11 is 0. The lowest BCUT2D eigenvalue weighted by molar-refractivity contribution is -0.137. The summed E-state index contributed by atoms with van der Waals surface area (Å²) in [6.45, 7) is 4.45. The Morgan fingerprint density at radius 2 is 2.00 bits per heavy atom. The molecule has 27 heavy (non-hydrogen) atoms. The molecule has 1 aromatic carbocycles. The summed E-state index contributed by atoms with van der Waals surface area (Å²) in [6.07, 6.45) is 7.31. The van der Waals surface area contributed by atoms with Gasteiger partial charge in [-0.3, -0.25) is 4.79 Å². The van der Waals surface area contributed by atoms with Gasteiger partial charge >= 0.3 is 0 Å². The molecular formula is C22H36N2O3. The lowest BCUT2D eigenvalue weighted by Gasteiger charge is -2.30. The maximum atomic E-state index is 12.7. The van der Waals surface area contributed by atoms with E-state index in [-0.39, 0.29) is 18.1 Å². The number of carbonyl (C=O) groups is 1. The Labute approximate surface area is 164 Å². The Bertz CT molecular complexity index is 570. The predicted molar refractivity (Wildman–Crippen MR) is 109 cm³/mol. The summed E-state index contributed by atoms with van der Waals surface area (Å²) < 4.78 is 11.1. The number of hydrogen-bond donors (Lipinski definition) is 2. The lowest BCUT2D eigenvalue weighted by atomic mass is 9.84. The third-order valence-electron chi connectivity index (χ3n) is 5.24. The number of ether oxygens (including phenoxy) is 2. The number of nitrogens with one attached hydrogen (secondary N) is 1. The third-order valence-corrected chi connectivity index (χ3v) is 5.24. The Morgan fingerprint density at radius 3 is 2.67 bits per heavy atom. The van der Waals surface area contributed by atoms with E-state index in [1.165, 1.54) is 32.1 Å². The largest absolute Gasteiger partial charge is 0.497 e. The van der Waals surface area contributed by atoms with E-state index in [0.29, 0.717) is 12.5 Å². The van der Waals surface area contributed by atoms with E-state index < -0.39 is 6.10 Å². The highest BCUT2D eigenvalue weighted by molar-refractivity contribution is 5.81. The second kappa shape index (κ2) is 11.3. The number of nitrogens with two attached hydrogens (primary N) is 1. The van der Waals surface area contributed by atoms with Crippen molar-refractivity contribution in [3.05, 3.63) is 29.8 Å². The zero-order valence-corrected chi connectivity index (χ0v) is 17.1. The minimum atomic E-state index is -0.586. The summed E-state index contributed by atoms with van der Waals surface area (Å²) in [6, 6.07) is 7.64. The van der Waals surface area contributed by atoms with Gasteiger partial charge in [0.25, 0.3) is 5.91 Å². The second-order valence-electron chi connectivity index (χ2n) is 7.90. The van der Waals surface area contributed by atoms with Gasteiger partial charge in [-0.05, 0) is 50.3 Å². The van der Waals surface area contributed by atoms with Crippen molar-refractivity contribution in [1.29, 1.82) is 0 Å². The molecule has 1 unspecified atom stereocenters. The van der Waals surface area contributed by atoms with Crippen LogP contribution in [0.4, 0.5) is 0 Å². The van der Waals surface area contributed by atoms with Crippen LogP contribution in [-0.2, 0) is 16.0 Å². The highest BCUT2D eigenvalue weighted by Gasteiger charge is 2.29. The number of rotatable bonds is 10. The van der Waals surface area contributed by atoms with Crippen molar-refractivity contribution >= 4 is 5.91 Å². The van der Waals surface area contributed by atoms with Crippen LogP contribution in [0.2, 0.25) is 0 Å². The van der Waals surface area contributed by atoms with Crippen LogP contribution >= 0.6 is 0 Å². The first-order chi connectivity index (χ1) is 13.0. The van der Waals surface area contributed by atoms with Gasteiger partial charge in [0.1, 0.15) is 5.75 Å². The van der Waals surface area contributed by atoms with Gasteiger partial charge in [0.05, 0.1) is 13.2 Å². The molecule has 5 heteroatoms. The summed E-state index contributed by atoms with van der Waals surface area (Å²) in [4.78, 5) is 12.7. The molecule has 3 N–H and O–H groups in total. The molecule has 2 atom stereocenters. The number of carbonyl (C=O) groups excluding carboxylic acids is 1. The molecule has 0 aliphatic heterocycles. The molecule has 1 amide bonds. The van der Waals surface area contributed by atoms with E-state index in [1.807, 2.05) is 38.1 Å². The standard InChI is InChI=1S/C22H36N2O3/c1-16(2)27-21(20(23)15-17-8-5-4-6-9-17)22(25)24-13-12-18-10-7-11-19(14-18)26-3/h7,10-11,14,16-17,20-21H,4-6,8-9,12-13,15,23H2,1-3H3,(H,24,25)/t20-,21?/m1/s1. The van der Waals surface area contributed by atoms with Gasteiger partial charge < -0.3 is 20.5 Å². The first kappa shape index (κ1) is 21.7. The summed E-state index contributed by atoms with van der Waals surface area (Å²) in [5.41, 5.74) is 7.54. The Morgan fingerprint density at radius 1 is 1.26 bits per heavy atom. The molecule has 1 fully saturated rings. The second-order valence-corrected chi connectivity index (χ2v) is 7.90. The van der Waals surface area contributed by atoms with E-state index >= 15 is 0 Å². The average Bonchev–Trinajstić information content (AvgIpc) is 2.66. The molecule has 0 radical (unpaired) electrons. The van der Waals surface area contributed by atoms with Crippen molar-refractivity contribution in [1.82, 2.24) is 5.32 Å². The Hall–Kier alpha value is -1.59. The molecule has 0 saturated heterocycles. The van der Waals surface area contributed by atoms with Crippen LogP contribution in [0, 0.1) is 5.92 Å². The molecule has 1 aliphatic carbocycles. The molecule has 1 aromatic rings. The molecule has 2 rings (SSSR count). The molecular weight excluding hydrogens is 340 g/mol. The number of methoxy groups -OCH3 is 1. The first-order valence-corrected chi connectivity index (χ1v) is 10.3. The maximum absolute atomic E-state index is 12.7. The third kappa shape index (κ3) is 7.51. The molecule has 152 valence electrons. The number of hydrogen-bond acceptors (Lipinski definition) is 4. The van der Waals surface area contributed by atoms with Crippen molar-refractivity contribution in [3.8, 4) is 5.75 Å². The van der Waals surface area contributed by atoms with Crippen molar-refractivity contribution in [2.45, 2.75) is 77.0 Å². The summed E-state index contributed by atoms with van der Waals surface area (Å²) in [5.74, 6) is 1.35. The van der Waals surface area contributed by atoms with Gasteiger partial charge in [-0.15, -0.1) is 0 Å². The Balaban J connectivity index is 1.86. The fourth-order valence-corrected chi connectivity index (χ4v) is 3.84. The molecule has 0 aromatic heterocycles. The minimum Gasteiger partial charge on any atom is -0.497 e. The van der Waals surface area contributed by atoms with Gasteiger partial charge in [0.2, 0.25) is 0 Å². The Kier molecular flexibility index (Phi) is 9.08. The molecule has 0 bridgehead atoms. The molecule has 1 aliphatic rings. The monoisotopic (exact) mass is 376 g/mol. The minimum absolute atomic E-state index is 0.0310. The van der Waals surface area contributed by atoms with Crippen molar-refractivity contribution in [2.75, 3.05) is 13.7 Å². The van der Waals surface area contributed by atoms with E-state index in [0.717, 1.165) is 24.2 Å². The quantitative estimate of drug-likeness (QED) is 0.656. The van der Waals surface area contributed by atoms with Crippen LogP contribution in [0.3, 0.4) is 0 Å².